The number of furan rings is 1. The van der Waals surface area contributed by atoms with Gasteiger partial charge in [0.05, 0.1) is 6.21 Å². The van der Waals surface area contributed by atoms with E-state index in [1.807, 2.05) is 44.2 Å². The van der Waals surface area contributed by atoms with Crippen molar-refractivity contribution in [1.29, 1.82) is 0 Å². The summed E-state index contributed by atoms with van der Waals surface area (Å²) >= 11 is 0. The summed E-state index contributed by atoms with van der Waals surface area (Å²) in [6.45, 7) is 3.76. The molecule has 3 rings (SSSR count). The van der Waals surface area contributed by atoms with Crippen LogP contribution in [0.5, 0.6) is 0 Å². The number of aromatic nitrogens is 1. The van der Waals surface area contributed by atoms with Crippen molar-refractivity contribution in [2.24, 2.45) is 5.10 Å². The van der Waals surface area contributed by atoms with Crippen LogP contribution in [0.2, 0.25) is 0 Å². The molecule has 0 aliphatic rings. The van der Waals surface area contributed by atoms with E-state index in [0.29, 0.717) is 11.5 Å². The number of fused-ring (bicyclic) bond motifs is 1. The molecule has 0 spiro atoms. The standard InChI is InChI=1S/C16H15N3O2/c1-10-7-8-12(21-10)9-17-19-16(20)15-11(2)13-5-3-4-6-14(13)18-15/h3-9,18H,1-2H3,(H,19,20). The highest BCUT2D eigenvalue weighted by atomic mass is 16.3. The number of amides is 1. The van der Waals surface area contributed by atoms with Gasteiger partial charge in [0.2, 0.25) is 0 Å². The van der Waals surface area contributed by atoms with E-state index in [-0.39, 0.29) is 5.91 Å². The first-order chi connectivity index (χ1) is 10.1. The molecule has 21 heavy (non-hydrogen) atoms. The van der Waals surface area contributed by atoms with Gasteiger partial charge in [-0.2, -0.15) is 5.10 Å². The Bertz CT molecular complexity index is 827. The van der Waals surface area contributed by atoms with Crippen molar-refractivity contribution in [2.75, 3.05) is 0 Å². The zero-order valence-electron chi connectivity index (χ0n) is 11.8. The first-order valence-corrected chi connectivity index (χ1v) is 6.62. The van der Waals surface area contributed by atoms with Crippen LogP contribution in [-0.4, -0.2) is 17.1 Å². The van der Waals surface area contributed by atoms with Crippen molar-refractivity contribution in [1.82, 2.24) is 10.4 Å². The monoisotopic (exact) mass is 281 g/mol. The summed E-state index contributed by atoms with van der Waals surface area (Å²) in [5.41, 5.74) is 4.86. The molecule has 0 bridgehead atoms. The Morgan fingerprint density at radius 1 is 1.24 bits per heavy atom. The van der Waals surface area contributed by atoms with Crippen LogP contribution in [0.1, 0.15) is 27.6 Å². The quantitative estimate of drug-likeness (QED) is 0.572. The van der Waals surface area contributed by atoms with E-state index in [1.165, 1.54) is 6.21 Å². The van der Waals surface area contributed by atoms with Gasteiger partial charge in [-0.25, -0.2) is 5.43 Å². The number of benzene rings is 1. The van der Waals surface area contributed by atoms with E-state index in [0.717, 1.165) is 22.2 Å². The number of carbonyl (C=O) groups is 1. The molecule has 5 heteroatoms. The number of hydrogen-bond donors (Lipinski definition) is 2. The normalized spacial score (nSPS) is 11.3. The summed E-state index contributed by atoms with van der Waals surface area (Å²) in [7, 11) is 0. The van der Waals surface area contributed by atoms with Crippen LogP contribution >= 0.6 is 0 Å². The van der Waals surface area contributed by atoms with Crippen molar-refractivity contribution < 1.29 is 9.21 Å². The first kappa shape index (κ1) is 13.2. The molecule has 3 aromatic rings. The first-order valence-electron chi connectivity index (χ1n) is 6.62. The van der Waals surface area contributed by atoms with Crippen LogP contribution in [0.15, 0.2) is 45.9 Å². The molecular formula is C16H15N3O2. The Morgan fingerprint density at radius 3 is 2.76 bits per heavy atom. The zero-order chi connectivity index (χ0) is 14.8. The van der Waals surface area contributed by atoms with Crippen LogP contribution in [0, 0.1) is 13.8 Å². The fourth-order valence-corrected chi connectivity index (χ4v) is 2.24. The number of para-hydroxylation sites is 1. The zero-order valence-corrected chi connectivity index (χ0v) is 11.8. The van der Waals surface area contributed by atoms with Crippen LogP contribution in [-0.2, 0) is 0 Å². The average molecular weight is 281 g/mol. The third-order valence-corrected chi connectivity index (χ3v) is 3.31. The van der Waals surface area contributed by atoms with E-state index in [2.05, 4.69) is 15.5 Å². The summed E-state index contributed by atoms with van der Waals surface area (Å²) in [6, 6.07) is 11.4. The molecule has 0 radical (unpaired) electrons. The second-order valence-corrected chi connectivity index (χ2v) is 4.82. The van der Waals surface area contributed by atoms with Crippen molar-refractivity contribution in [3.63, 3.8) is 0 Å². The van der Waals surface area contributed by atoms with Gasteiger partial charge in [0.1, 0.15) is 17.2 Å². The molecular weight excluding hydrogens is 266 g/mol. The predicted octanol–water partition coefficient (Wildman–Crippen LogP) is 3.14. The van der Waals surface area contributed by atoms with E-state index < -0.39 is 0 Å². The maximum Gasteiger partial charge on any atom is 0.288 e. The number of aromatic amines is 1. The van der Waals surface area contributed by atoms with Gasteiger partial charge in [-0.1, -0.05) is 18.2 Å². The lowest BCUT2D eigenvalue weighted by Crippen LogP contribution is -2.18. The second kappa shape index (κ2) is 5.28. The largest absolute Gasteiger partial charge is 0.460 e. The highest BCUT2D eigenvalue weighted by Gasteiger charge is 2.13. The maximum absolute atomic E-state index is 12.1. The highest BCUT2D eigenvalue weighted by molar-refractivity contribution is 6.01. The van der Waals surface area contributed by atoms with Gasteiger partial charge in [0, 0.05) is 10.9 Å². The molecule has 2 aromatic heterocycles. The molecule has 0 fully saturated rings. The number of hydrazone groups is 1. The Hall–Kier alpha value is -2.82. The van der Waals surface area contributed by atoms with Crippen molar-refractivity contribution in [2.45, 2.75) is 13.8 Å². The predicted molar refractivity (Wildman–Crippen MR) is 81.5 cm³/mol. The Morgan fingerprint density at radius 2 is 2.05 bits per heavy atom. The molecule has 106 valence electrons. The Balaban J connectivity index is 1.78. The van der Waals surface area contributed by atoms with Crippen LogP contribution < -0.4 is 5.43 Å². The molecule has 0 atom stereocenters. The van der Waals surface area contributed by atoms with Gasteiger partial charge in [-0.3, -0.25) is 4.79 Å². The number of nitrogens with zero attached hydrogens (tertiary/aromatic N) is 1. The van der Waals surface area contributed by atoms with Gasteiger partial charge < -0.3 is 9.40 Å². The molecule has 0 saturated carbocycles. The summed E-state index contributed by atoms with van der Waals surface area (Å²) in [5, 5.41) is 4.94. The van der Waals surface area contributed by atoms with E-state index in [1.54, 1.807) is 6.07 Å². The third-order valence-electron chi connectivity index (χ3n) is 3.31. The number of rotatable bonds is 3. The smallest absolute Gasteiger partial charge is 0.288 e. The summed E-state index contributed by atoms with van der Waals surface area (Å²) in [6.07, 6.45) is 1.48. The SMILES string of the molecule is Cc1ccc(C=NNC(=O)c2[nH]c3ccccc3c2C)o1. The lowest BCUT2D eigenvalue weighted by atomic mass is 10.1. The molecule has 1 amide bonds. The van der Waals surface area contributed by atoms with Gasteiger partial charge in [0.25, 0.3) is 5.91 Å². The number of hydrogen-bond acceptors (Lipinski definition) is 3. The molecule has 0 aliphatic heterocycles. The minimum Gasteiger partial charge on any atom is -0.460 e. The lowest BCUT2D eigenvalue weighted by molar-refractivity contribution is 0.0950. The summed E-state index contributed by atoms with van der Waals surface area (Å²) in [5.74, 6) is 1.12. The third kappa shape index (κ3) is 2.58. The minimum atomic E-state index is -0.275. The molecule has 2 heterocycles. The fourth-order valence-electron chi connectivity index (χ4n) is 2.24. The maximum atomic E-state index is 12.1. The number of H-pyrrole nitrogens is 1. The molecule has 0 unspecified atom stereocenters. The van der Waals surface area contributed by atoms with Crippen LogP contribution in [0.3, 0.4) is 0 Å². The van der Waals surface area contributed by atoms with Gasteiger partial charge in [0.15, 0.2) is 0 Å². The fraction of sp³-hybridized carbons (Fsp3) is 0.125. The summed E-state index contributed by atoms with van der Waals surface area (Å²) < 4.78 is 5.33. The molecule has 2 N–H and O–H groups in total. The molecule has 0 aliphatic carbocycles. The van der Waals surface area contributed by atoms with E-state index in [4.69, 9.17) is 4.42 Å². The van der Waals surface area contributed by atoms with Crippen molar-refractivity contribution in [3.8, 4) is 0 Å². The number of aryl methyl sites for hydroxylation is 2. The molecule has 5 nitrogen and oxygen atoms in total. The number of carbonyl (C=O) groups excluding carboxylic acids is 1. The lowest BCUT2D eigenvalue weighted by Gasteiger charge is -1.98. The Labute approximate surface area is 121 Å². The summed E-state index contributed by atoms with van der Waals surface area (Å²) in [4.78, 5) is 15.3. The topological polar surface area (TPSA) is 70.4 Å². The molecule has 0 saturated heterocycles. The number of nitrogens with one attached hydrogen (secondary N) is 2. The average Bonchev–Trinajstić information content (AvgIpc) is 3.03. The minimum absolute atomic E-state index is 0.275. The van der Waals surface area contributed by atoms with Gasteiger partial charge in [-0.15, -0.1) is 0 Å². The van der Waals surface area contributed by atoms with Gasteiger partial charge in [-0.05, 0) is 37.6 Å². The van der Waals surface area contributed by atoms with Crippen LogP contribution in [0.25, 0.3) is 10.9 Å². The molecule has 1 aromatic carbocycles. The van der Waals surface area contributed by atoms with Crippen LogP contribution in [0.4, 0.5) is 0 Å². The van der Waals surface area contributed by atoms with Crippen molar-refractivity contribution >= 4 is 23.0 Å². The Kier molecular flexibility index (Phi) is 3.31. The van der Waals surface area contributed by atoms with Gasteiger partial charge >= 0.3 is 0 Å². The second-order valence-electron chi connectivity index (χ2n) is 4.82. The highest BCUT2D eigenvalue weighted by Crippen LogP contribution is 2.20. The van der Waals surface area contributed by atoms with E-state index in [9.17, 15) is 4.79 Å². The van der Waals surface area contributed by atoms with E-state index >= 15 is 0 Å². The van der Waals surface area contributed by atoms with Crippen molar-refractivity contribution in [3.05, 3.63) is 59.2 Å².